The standard InChI is InChI=1S/C74H60B2N4/c1-11-53-57-33-45(7)19-29-63(57)79-69-37-49(55-31-43(5)13-21-47(55)9)35-67-71(69)75(59(12-2)73(53)79)61-39-62-66(40-65(61)77(67)51-23-15-41(3)16-24-51)78(52-25-17-42(4)18-26-52)68-36-50(56-32-44(6)14-22-48(56)10)38-70-72(68)76(62)60-28-27-54-58-34-46(8)20-30-64(58)80(70)74(54)60/h11-27,29-40H,1,28H2,2-10H3/b59-12+. The van der Waals surface area contributed by atoms with E-state index in [4.69, 9.17) is 0 Å². The summed E-state index contributed by atoms with van der Waals surface area (Å²) >= 11 is 0. The number of aromatic nitrogens is 2. The van der Waals surface area contributed by atoms with Gasteiger partial charge < -0.3 is 18.9 Å². The van der Waals surface area contributed by atoms with E-state index in [9.17, 15) is 0 Å². The molecule has 5 aliphatic rings. The largest absolute Gasteiger partial charge is 0.311 e. The SMILES string of the molecule is C=Cc1c2n(c3ccc(C)cc13)-c1cc(-c3cc(C)ccc3C)cc3c1B(/C2=C/C)c1cc2c(cc1N3c1ccc(C)cc1)N(c1ccc(C)cc1)c1cc(-c3cc(C)ccc3C)cc3c1B2C1=c2c(c4cc(C)ccc4n2-3)=CC1. The second kappa shape index (κ2) is 16.8. The van der Waals surface area contributed by atoms with Gasteiger partial charge in [0.25, 0.3) is 6.71 Å². The molecule has 0 N–H and O–H groups in total. The van der Waals surface area contributed by atoms with Crippen LogP contribution >= 0.6 is 0 Å². The van der Waals surface area contributed by atoms with E-state index in [0.717, 1.165) is 17.8 Å². The molecule has 0 atom stereocenters. The van der Waals surface area contributed by atoms with E-state index in [1.165, 1.54) is 177 Å². The van der Waals surface area contributed by atoms with Gasteiger partial charge in [-0.2, -0.15) is 0 Å². The summed E-state index contributed by atoms with van der Waals surface area (Å²) < 4.78 is 5.24. The van der Waals surface area contributed by atoms with Crippen molar-refractivity contribution in [3.63, 3.8) is 0 Å². The van der Waals surface area contributed by atoms with Crippen LogP contribution in [0.2, 0.25) is 0 Å². The highest BCUT2D eigenvalue weighted by Gasteiger charge is 2.49. The number of hydrogen-bond donors (Lipinski definition) is 0. The third kappa shape index (κ3) is 6.36. The molecule has 0 saturated carbocycles. The average molecular weight is 1030 g/mol. The predicted molar refractivity (Wildman–Crippen MR) is 344 cm³/mol. The van der Waals surface area contributed by atoms with Gasteiger partial charge in [-0.25, -0.2) is 0 Å². The molecule has 0 unspecified atom stereocenters. The van der Waals surface area contributed by atoms with Crippen molar-refractivity contribution < 1.29 is 0 Å². The smallest absolute Gasteiger partial charge is 0.251 e. The first-order valence-electron chi connectivity index (χ1n) is 28.6. The maximum atomic E-state index is 4.58. The Hall–Kier alpha value is -8.99. The minimum atomic E-state index is -0.0923. The zero-order valence-electron chi connectivity index (χ0n) is 47.1. The molecule has 0 fully saturated rings. The Kier molecular flexibility index (Phi) is 9.86. The highest BCUT2D eigenvalue weighted by Crippen LogP contribution is 2.50. The van der Waals surface area contributed by atoms with E-state index < -0.39 is 0 Å². The molecule has 4 nitrogen and oxygen atoms in total. The van der Waals surface area contributed by atoms with Crippen molar-refractivity contribution in [1.82, 2.24) is 9.13 Å². The van der Waals surface area contributed by atoms with Crippen LogP contribution < -0.4 is 42.2 Å². The molecule has 0 radical (unpaired) electrons. The summed E-state index contributed by atoms with van der Waals surface area (Å²) in [6, 6.07) is 61.8. The Morgan fingerprint density at radius 1 is 0.450 bits per heavy atom. The van der Waals surface area contributed by atoms with Crippen LogP contribution in [0.1, 0.15) is 69.1 Å². The molecule has 6 heterocycles. The van der Waals surface area contributed by atoms with Gasteiger partial charge in [-0.15, -0.1) is 0 Å². The van der Waals surface area contributed by atoms with Gasteiger partial charge in [0, 0.05) is 78.1 Å². The van der Waals surface area contributed by atoms with Crippen LogP contribution in [0, 0.1) is 55.4 Å². The molecule has 0 saturated heterocycles. The Labute approximate surface area is 469 Å². The topological polar surface area (TPSA) is 16.3 Å². The van der Waals surface area contributed by atoms with Gasteiger partial charge in [0.15, 0.2) is 0 Å². The molecule has 11 aromatic rings. The first-order chi connectivity index (χ1) is 38.9. The minimum absolute atomic E-state index is 0.00114. The van der Waals surface area contributed by atoms with Crippen LogP contribution in [-0.4, -0.2) is 22.6 Å². The van der Waals surface area contributed by atoms with Crippen LogP contribution in [0.3, 0.4) is 0 Å². The average Bonchev–Trinajstić information content (AvgIpc) is 4.23. The molecule has 16 rings (SSSR count). The summed E-state index contributed by atoms with van der Waals surface area (Å²) in [6.45, 7) is 24.6. The lowest BCUT2D eigenvalue weighted by Gasteiger charge is -2.45. The monoisotopic (exact) mass is 1030 g/mol. The van der Waals surface area contributed by atoms with Crippen molar-refractivity contribution in [1.29, 1.82) is 0 Å². The van der Waals surface area contributed by atoms with E-state index in [1.807, 2.05) is 0 Å². The van der Waals surface area contributed by atoms with E-state index in [2.05, 4.69) is 264 Å². The summed E-state index contributed by atoms with van der Waals surface area (Å²) in [5.41, 5.74) is 37.7. The molecule has 80 heavy (non-hydrogen) atoms. The molecule has 0 bridgehead atoms. The van der Waals surface area contributed by atoms with E-state index in [0.29, 0.717) is 0 Å². The highest BCUT2D eigenvalue weighted by molar-refractivity contribution is 7.05. The first kappa shape index (κ1) is 47.0. The van der Waals surface area contributed by atoms with E-state index in [-0.39, 0.29) is 13.4 Å². The first-order valence-corrected chi connectivity index (χ1v) is 28.6. The van der Waals surface area contributed by atoms with Gasteiger partial charge in [0.1, 0.15) is 0 Å². The number of allylic oxidation sites excluding steroid dienone is 1. The fourth-order valence-electron chi connectivity index (χ4n) is 15.0. The van der Waals surface area contributed by atoms with Crippen molar-refractivity contribution in [2.45, 2.75) is 68.7 Å². The van der Waals surface area contributed by atoms with Gasteiger partial charge >= 0.3 is 0 Å². The number of hydrogen-bond acceptors (Lipinski definition) is 2. The van der Waals surface area contributed by atoms with Gasteiger partial charge in [-0.3, -0.25) is 0 Å². The van der Waals surface area contributed by atoms with Crippen LogP contribution in [0.15, 0.2) is 170 Å². The summed E-state index contributed by atoms with van der Waals surface area (Å²) in [4.78, 5) is 5.26. The maximum Gasteiger partial charge on any atom is 0.251 e. The summed E-state index contributed by atoms with van der Waals surface area (Å²) in [5, 5.41) is 5.31. The summed E-state index contributed by atoms with van der Waals surface area (Å²) in [7, 11) is 0. The molecule has 2 aromatic heterocycles. The number of anilines is 6. The van der Waals surface area contributed by atoms with Crippen molar-refractivity contribution in [2.75, 3.05) is 9.80 Å². The Morgan fingerprint density at radius 3 is 1.49 bits per heavy atom. The number of benzene rings is 9. The van der Waals surface area contributed by atoms with Gasteiger partial charge in [-0.05, 0) is 208 Å². The van der Waals surface area contributed by atoms with Gasteiger partial charge in [-0.1, -0.05) is 143 Å². The minimum Gasteiger partial charge on any atom is -0.311 e. The van der Waals surface area contributed by atoms with Crippen LogP contribution in [0.5, 0.6) is 0 Å². The normalized spacial score (nSPS) is 14.6. The lowest BCUT2D eigenvalue weighted by molar-refractivity contribution is 1.07. The van der Waals surface area contributed by atoms with Crippen molar-refractivity contribution in [3.8, 4) is 33.6 Å². The molecule has 0 spiro atoms. The molecule has 0 amide bonds. The number of rotatable bonds is 5. The van der Waals surface area contributed by atoms with Crippen LogP contribution in [0.4, 0.5) is 34.1 Å². The zero-order valence-corrected chi connectivity index (χ0v) is 47.1. The predicted octanol–water partition coefficient (Wildman–Crippen LogP) is 14.6. The Bertz CT molecular complexity index is 4810. The lowest BCUT2D eigenvalue weighted by Crippen LogP contribution is -2.60. The molecule has 4 aliphatic heterocycles. The molecule has 9 aromatic carbocycles. The van der Waals surface area contributed by atoms with Gasteiger partial charge in [0.05, 0.1) is 11.0 Å². The fourth-order valence-corrected chi connectivity index (χ4v) is 15.0. The molecule has 6 heteroatoms. The van der Waals surface area contributed by atoms with Crippen molar-refractivity contribution >= 4 is 114 Å². The molecular formula is C74H60B2N4. The quantitative estimate of drug-likeness (QED) is 0.160. The second-order valence-corrected chi connectivity index (χ2v) is 23.8. The zero-order chi connectivity index (χ0) is 54.3. The third-order valence-corrected chi connectivity index (χ3v) is 18.7. The van der Waals surface area contributed by atoms with E-state index >= 15 is 0 Å². The van der Waals surface area contributed by atoms with E-state index in [1.54, 1.807) is 0 Å². The van der Waals surface area contributed by atoms with Gasteiger partial charge in [0.2, 0.25) is 6.71 Å². The summed E-state index contributed by atoms with van der Waals surface area (Å²) in [6.07, 6.45) is 7.97. The van der Waals surface area contributed by atoms with Crippen LogP contribution in [0.25, 0.3) is 78.5 Å². The number of aryl methyl sites for hydroxylation is 8. The van der Waals surface area contributed by atoms with Crippen molar-refractivity contribution in [2.24, 2.45) is 0 Å². The fraction of sp³-hybridized carbons (Fsp3) is 0.135. The number of nitrogens with zero attached hydrogens (tertiary/aromatic N) is 4. The Balaban J connectivity index is 1.08. The lowest BCUT2D eigenvalue weighted by atomic mass is 9.29. The number of fused-ring (bicyclic) bond motifs is 13. The third-order valence-electron chi connectivity index (χ3n) is 18.7. The molecule has 1 aliphatic carbocycles. The Morgan fingerprint density at radius 2 is 0.925 bits per heavy atom. The van der Waals surface area contributed by atoms with Crippen molar-refractivity contribution in [3.05, 3.63) is 237 Å². The molecule has 382 valence electrons. The van der Waals surface area contributed by atoms with Crippen LogP contribution in [-0.2, 0) is 0 Å². The molecular weight excluding hydrogens is 966 g/mol. The maximum absolute atomic E-state index is 4.58. The summed E-state index contributed by atoms with van der Waals surface area (Å²) in [5.74, 6) is 0. The second-order valence-electron chi connectivity index (χ2n) is 23.8. The highest BCUT2D eigenvalue weighted by atomic mass is 15.2.